The molecule has 0 saturated carbocycles. The van der Waals surface area contributed by atoms with Crippen molar-refractivity contribution in [3.05, 3.63) is 35.5 Å². The van der Waals surface area contributed by atoms with Crippen molar-refractivity contribution >= 4 is 6.21 Å². The highest BCUT2D eigenvalue weighted by Gasteiger charge is 1.89. The summed E-state index contributed by atoms with van der Waals surface area (Å²) < 4.78 is 0. The molecule has 1 nitrogen and oxygen atoms in total. The molecule has 0 fully saturated rings. The molecule has 0 amide bonds. The standard InChI is InChI=1S/C11H17N/c1-9(2)6-7-10(3)11(4)8-12-5/h6-8H,4H2,1-3,5H3/b10-7-,12-8?. The maximum Gasteiger partial charge on any atom is 0.0278 e. The highest BCUT2D eigenvalue weighted by atomic mass is 14.6. The fraction of sp³-hybridized carbons (Fsp3) is 0.364. The number of hydrogen-bond acceptors (Lipinski definition) is 1. The molecule has 0 spiro atoms. The molecule has 0 N–H and O–H groups in total. The van der Waals surface area contributed by atoms with E-state index in [-0.39, 0.29) is 0 Å². The fourth-order valence-electron chi connectivity index (χ4n) is 0.656. The summed E-state index contributed by atoms with van der Waals surface area (Å²) in [6, 6.07) is 0. The zero-order valence-corrected chi connectivity index (χ0v) is 8.39. The van der Waals surface area contributed by atoms with Crippen LogP contribution in [0.15, 0.2) is 40.4 Å². The third kappa shape index (κ3) is 4.67. The van der Waals surface area contributed by atoms with E-state index < -0.39 is 0 Å². The summed E-state index contributed by atoms with van der Waals surface area (Å²) in [4.78, 5) is 3.90. The highest BCUT2D eigenvalue weighted by Crippen LogP contribution is 2.04. The maximum absolute atomic E-state index is 3.90. The monoisotopic (exact) mass is 163 g/mol. The van der Waals surface area contributed by atoms with Crippen molar-refractivity contribution in [3.63, 3.8) is 0 Å². The Kier molecular flexibility index (Phi) is 5.02. The van der Waals surface area contributed by atoms with E-state index in [1.807, 2.05) is 6.92 Å². The van der Waals surface area contributed by atoms with E-state index in [2.05, 4.69) is 37.6 Å². The minimum absolute atomic E-state index is 0.968. The van der Waals surface area contributed by atoms with Crippen LogP contribution in [0.4, 0.5) is 0 Å². The summed E-state index contributed by atoms with van der Waals surface area (Å²) in [7, 11) is 1.75. The molecule has 0 bridgehead atoms. The third-order valence-corrected chi connectivity index (χ3v) is 1.46. The van der Waals surface area contributed by atoms with Gasteiger partial charge in [0.25, 0.3) is 0 Å². The average Bonchev–Trinajstić information content (AvgIpc) is 2.00. The quantitative estimate of drug-likeness (QED) is 0.447. The van der Waals surface area contributed by atoms with Crippen molar-refractivity contribution in [2.75, 3.05) is 7.05 Å². The van der Waals surface area contributed by atoms with Crippen LogP contribution in [0.3, 0.4) is 0 Å². The molecular weight excluding hydrogens is 146 g/mol. The minimum Gasteiger partial charge on any atom is -0.296 e. The van der Waals surface area contributed by atoms with Crippen LogP contribution in [0.2, 0.25) is 0 Å². The largest absolute Gasteiger partial charge is 0.296 e. The zero-order valence-electron chi connectivity index (χ0n) is 8.39. The fourth-order valence-corrected chi connectivity index (χ4v) is 0.656. The van der Waals surface area contributed by atoms with Crippen LogP contribution in [0.5, 0.6) is 0 Å². The Bertz CT molecular complexity index is 238. The Hall–Kier alpha value is -1.11. The summed E-state index contributed by atoms with van der Waals surface area (Å²) >= 11 is 0. The van der Waals surface area contributed by atoms with Crippen molar-refractivity contribution in [2.45, 2.75) is 20.8 Å². The van der Waals surface area contributed by atoms with Gasteiger partial charge in [0.15, 0.2) is 0 Å². The van der Waals surface area contributed by atoms with Crippen LogP contribution >= 0.6 is 0 Å². The van der Waals surface area contributed by atoms with Crippen molar-refractivity contribution in [1.29, 1.82) is 0 Å². The Morgan fingerprint density at radius 1 is 1.17 bits per heavy atom. The Balaban J connectivity index is 4.38. The lowest BCUT2D eigenvalue weighted by Crippen LogP contribution is -1.83. The topological polar surface area (TPSA) is 12.4 Å². The molecule has 0 rings (SSSR count). The summed E-state index contributed by atoms with van der Waals surface area (Å²) in [6.45, 7) is 10.0. The molecule has 0 aromatic heterocycles. The van der Waals surface area contributed by atoms with Crippen LogP contribution in [0, 0.1) is 0 Å². The first-order chi connectivity index (χ1) is 5.57. The van der Waals surface area contributed by atoms with E-state index in [0.29, 0.717) is 0 Å². The van der Waals surface area contributed by atoms with Crippen LogP contribution < -0.4 is 0 Å². The molecule has 0 atom stereocenters. The molecule has 12 heavy (non-hydrogen) atoms. The smallest absolute Gasteiger partial charge is 0.0278 e. The van der Waals surface area contributed by atoms with Gasteiger partial charge < -0.3 is 0 Å². The van der Waals surface area contributed by atoms with Crippen LogP contribution in [-0.4, -0.2) is 13.3 Å². The minimum atomic E-state index is 0.968. The summed E-state index contributed by atoms with van der Waals surface area (Å²) in [5.74, 6) is 0. The van der Waals surface area contributed by atoms with Gasteiger partial charge in [-0.15, -0.1) is 0 Å². The molecule has 0 aliphatic rings. The second-order valence-corrected chi connectivity index (χ2v) is 3.01. The highest BCUT2D eigenvalue weighted by molar-refractivity contribution is 5.83. The first kappa shape index (κ1) is 10.9. The molecule has 66 valence electrons. The first-order valence-electron chi connectivity index (χ1n) is 4.01. The number of nitrogens with zero attached hydrogens (tertiary/aromatic N) is 1. The van der Waals surface area contributed by atoms with Gasteiger partial charge in [-0.3, -0.25) is 4.99 Å². The predicted molar refractivity (Wildman–Crippen MR) is 56.7 cm³/mol. The van der Waals surface area contributed by atoms with Crippen LogP contribution in [-0.2, 0) is 0 Å². The molecule has 0 saturated heterocycles. The normalized spacial score (nSPS) is 11.8. The molecule has 0 radical (unpaired) electrons. The second kappa shape index (κ2) is 5.53. The zero-order chi connectivity index (χ0) is 9.56. The van der Waals surface area contributed by atoms with Crippen LogP contribution in [0.1, 0.15) is 20.8 Å². The van der Waals surface area contributed by atoms with E-state index in [4.69, 9.17) is 0 Å². The van der Waals surface area contributed by atoms with Gasteiger partial charge in [0.1, 0.15) is 0 Å². The summed E-state index contributed by atoms with van der Waals surface area (Å²) in [6.07, 6.45) is 5.90. The van der Waals surface area contributed by atoms with E-state index in [9.17, 15) is 0 Å². The molecule has 0 unspecified atom stereocenters. The SMILES string of the molecule is C=C(C=NC)/C(C)=C\C=C(C)C. The van der Waals surface area contributed by atoms with Crippen molar-refractivity contribution in [1.82, 2.24) is 0 Å². The Morgan fingerprint density at radius 3 is 2.17 bits per heavy atom. The first-order valence-corrected chi connectivity index (χ1v) is 4.01. The van der Waals surface area contributed by atoms with Gasteiger partial charge in [-0.1, -0.05) is 24.3 Å². The van der Waals surface area contributed by atoms with Gasteiger partial charge >= 0.3 is 0 Å². The van der Waals surface area contributed by atoms with Gasteiger partial charge in [-0.05, 0) is 31.9 Å². The van der Waals surface area contributed by atoms with Gasteiger partial charge in [-0.25, -0.2) is 0 Å². The second-order valence-electron chi connectivity index (χ2n) is 3.01. The third-order valence-electron chi connectivity index (χ3n) is 1.46. The van der Waals surface area contributed by atoms with E-state index >= 15 is 0 Å². The van der Waals surface area contributed by atoms with Crippen molar-refractivity contribution in [2.24, 2.45) is 4.99 Å². The van der Waals surface area contributed by atoms with E-state index in [1.165, 1.54) is 5.57 Å². The van der Waals surface area contributed by atoms with Gasteiger partial charge in [0.2, 0.25) is 0 Å². The summed E-state index contributed by atoms with van der Waals surface area (Å²) in [5.41, 5.74) is 3.41. The molecule has 0 aromatic carbocycles. The summed E-state index contributed by atoms with van der Waals surface area (Å²) in [5, 5.41) is 0. The Labute approximate surface area is 75.2 Å². The lowest BCUT2D eigenvalue weighted by atomic mass is 10.1. The maximum atomic E-state index is 3.90. The number of allylic oxidation sites excluding steroid dienone is 5. The lowest BCUT2D eigenvalue weighted by Gasteiger charge is -1.96. The predicted octanol–water partition coefficient (Wildman–Crippen LogP) is 3.16. The molecule has 1 heteroatoms. The molecule has 0 aliphatic carbocycles. The molecular formula is C11H17N. The number of rotatable bonds is 3. The Morgan fingerprint density at radius 2 is 1.75 bits per heavy atom. The number of hydrogen-bond donors (Lipinski definition) is 0. The van der Waals surface area contributed by atoms with Gasteiger partial charge in [0, 0.05) is 13.3 Å². The van der Waals surface area contributed by atoms with Crippen molar-refractivity contribution in [3.8, 4) is 0 Å². The molecule has 0 aliphatic heterocycles. The van der Waals surface area contributed by atoms with Crippen LogP contribution in [0.25, 0.3) is 0 Å². The van der Waals surface area contributed by atoms with E-state index in [1.54, 1.807) is 13.3 Å². The van der Waals surface area contributed by atoms with E-state index in [0.717, 1.165) is 11.1 Å². The van der Waals surface area contributed by atoms with Crippen molar-refractivity contribution < 1.29 is 0 Å². The number of aliphatic imine (C=N–C) groups is 1. The molecule has 0 aromatic rings. The molecule has 0 heterocycles. The van der Waals surface area contributed by atoms with Gasteiger partial charge in [0.05, 0.1) is 0 Å². The lowest BCUT2D eigenvalue weighted by molar-refractivity contribution is 1.37. The van der Waals surface area contributed by atoms with Gasteiger partial charge in [-0.2, -0.15) is 0 Å². The average molecular weight is 163 g/mol.